The SMILES string of the molecule is CC(OC(=O)c1cccc(N2C(=O)c3cccc([N+](=O)[O-])c3C2=O)c1)C(=O)c1ccccc1. The van der Waals surface area contributed by atoms with Gasteiger partial charge in [-0.15, -0.1) is 0 Å². The molecule has 0 radical (unpaired) electrons. The molecule has 0 spiro atoms. The number of carbonyl (C=O) groups is 4. The van der Waals surface area contributed by atoms with Crippen molar-refractivity contribution in [2.75, 3.05) is 4.90 Å². The van der Waals surface area contributed by atoms with Crippen LogP contribution >= 0.6 is 0 Å². The summed E-state index contributed by atoms with van der Waals surface area (Å²) in [5.41, 5.74) is -0.429. The molecule has 1 heterocycles. The molecular weight excluding hydrogens is 428 g/mol. The van der Waals surface area contributed by atoms with E-state index in [9.17, 15) is 29.3 Å². The fourth-order valence-corrected chi connectivity index (χ4v) is 3.55. The van der Waals surface area contributed by atoms with Crippen molar-refractivity contribution in [1.29, 1.82) is 0 Å². The first-order chi connectivity index (χ1) is 15.8. The van der Waals surface area contributed by atoms with E-state index in [1.807, 2.05) is 0 Å². The third-order valence-electron chi connectivity index (χ3n) is 5.14. The molecule has 3 aromatic carbocycles. The van der Waals surface area contributed by atoms with Crippen LogP contribution in [0.25, 0.3) is 0 Å². The van der Waals surface area contributed by atoms with Gasteiger partial charge in [0.25, 0.3) is 17.5 Å². The van der Waals surface area contributed by atoms with Crippen LogP contribution in [0.5, 0.6) is 0 Å². The van der Waals surface area contributed by atoms with Gasteiger partial charge in [0.2, 0.25) is 5.78 Å². The fraction of sp³-hybridized carbons (Fsp3) is 0.0833. The van der Waals surface area contributed by atoms with Crippen molar-refractivity contribution in [2.45, 2.75) is 13.0 Å². The summed E-state index contributed by atoms with van der Waals surface area (Å²) in [6.07, 6.45) is -1.06. The summed E-state index contributed by atoms with van der Waals surface area (Å²) in [6.45, 7) is 1.44. The molecule has 1 aliphatic heterocycles. The van der Waals surface area contributed by atoms with E-state index >= 15 is 0 Å². The highest BCUT2D eigenvalue weighted by molar-refractivity contribution is 6.35. The first-order valence-electron chi connectivity index (χ1n) is 9.86. The number of ketones is 1. The number of hydrogen-bond acceptors (Lipinski definition) is 7. The lowest BCUT2D eigenvalue weighted by atomic mass is 10.1. The largest absolute Gasteiger partial charge is 0.451 e. The lowest BCUT2D eigenvalue weighted by molar-refractivity contribution is -0.385. The Morgan fingerprint density at radius 2 is 1.58 bits per heavy atom. The number of rotatable bonds is 6. The van der Waals surface area contributed by atoms with E-state index in [1.54, 1.807) is 30.3 Å². The summed E-state index contributed by atoms with van der Waals surface area (Å²) in [5, 5.41) is 11.3. The lowest BCUT2D eigenvalue weighted by Gasteiger charge is -2.16. The van der Waals surface area contributed by atoms with E-state index in [2.05, 4.69) is 0 Å². The Balaban J connectivity index is 1.58. The highest BCUT2D eigenvalue weighted by Gasteiger charge is 2.42. The Kier molecular flexibility index (Phi) is 5.53. The highest BCUT2D eigenvalue weighted by atomic mass is 16.6. The number of fused-ring (bicyclic) bond motifs is 1. The quantitative estimate of drug-likeness (QED) is 0.186. The van der Waals surface area contributed by atoms with Crippen molar-refractivity contribution >= 4 is 34.9 Å². The summed E-state index contributed by atoms with van der Waals surface area (Å²) < 4.78 is 5.27. The van der Waals surface area contributed by atoms with E-state index in [4.69, 9.17) is 4.74 Å². The maximum absolute atomic E-state index is 12.9. The Labute approximate surface area is 187 Å². The van der Waals surface area contributed by atoms with E-state index < -0.39 is 34.5 Å². The molecule has 1 unspecified atom stereocenters. The maximum Gasteiger partial charge on any atom is 0.338 e. The minimum absolute atomic E-state index is 0.00580. The van der Waals surface area contributed by atoms with Gasteiger partial charge in [-0.25, -0.2) is 9.69 Å². The molecule has 0 fully saturated rings. The second-order valence-corrected chi connectivity index (χ2v) is 7.23. The maximum atomic E-state index is 12.9. The third kappa shape index (κ3) is 3.87. The number of ether oxygens (including phenoxy) is 1. The molecule has 9 nitrogen and oxygen atoms in total. The van der Waals surface area contributed by atoms with Gasteiger partial charge < -0.3 is 4.74 Å². The molecular formula is C24H16N2O7. The topological polar surface area (TPSA) is 124 Å². The highest BCUT2D eigenvalue weighted by Crippen LogP contribution is 2.34. The number of nitro groups is 1. The number of imide groups is 1. The smallest absolute Gasteiger partial charge is 0.338 e. The second kappa shape index (κ2) is 8.46. The van der Waals surface area contributed by atoms with Crippen LogP contribution in [0, 0.1) is 10.1 Å². The average Bonchev–Trinajstić information content (AvgIpc) is 3.09. The van der Waals surface area contributed by atoms with Gasteiger partial charge in [-0.2, -0.15) is 0 Å². The zero-order valence-electron chi connectivity index (χ0n) is 17.3. The van der Waals surface area contributed by atoms with Gasteiger partial charge in [-0.05, 0) is 31.2 Å². The van der Waals surface area contributed by atoms with Crippen molar-refractivity contribution < 1.29 is 28.8 Å². The monoisotopic (exact) mass is 444 g/mol. The van der Waals surface area contributed by atoms with E-state index in [0.29, 0.717) is 5.56 Å². The molecule has 4 rings (SSSR count). The molecule has 3 aromatic rings. The molecule has 1 aliphatic rings. The summed E-state index contributed by atoms with van der Waals surface area (Å²) in [5.74, 6) is -2.80. The number of nitrogens with zero attached hydrogens (tertiary/aromatic N) is 2. The van der Waals surface area contributed by atoms with Crippen molar-refractivity contribution in [3.8, 4) is 0 Å². The molecule has 0 aromatic heterocycles. The van der Waals surface area contributed by atoms with E-state index in [-0.39, 0.29) is 28.2 Å². The first kappa shape index (κ1) is 21.6. The molecule has 0 bridgehead atoms. The van der Waals surface area contributed by atoms with Crippen LogP contribution in [0.4, 0.5) is 11.4 Å². The predicted molar refractivity (Wildman–Crippen MR) is 116 cm³/mol. The lowest BCUT2D eigenvalue weighted by Crippen LogP contribution is -2.30. The van der Waals surface area contributed by atoms with Crippen molar-refractivity contribution in [1.82, 2.24) is 0 Å². The number of nitro benzene ring substituents is 1. The number of anilines is 1. The normalized spacial score (nSPS) is 13.4. The van der Waals surface area contributed by atoms with Gasteiger partial charge >= 0.3 is 5.97 Å². The summed E-state index contributed by atoms with van der Waals surface area (Å²) >= 11 is 0. The Morgan fingerprint density at radius 3 is 2.27 bits per heavy atom. The first-order valence-corrected chi connectivity index (χ1v) is 9.86. The zero-order valence-corrected chi connectivity index (χ0v) is 17.3. The third-order valence-corrected chi connectivity index (χ3v) is 5.14. The predicted octanol–water partition coefficient (Wildman–Crippen LogP) is 3.82. The van der Waals surface area contributed by atoms with Gasteiger partial charge in [0.15, 0.2) is 6.10 Å². The van der Waals surface area contributed by atoms with Gasteiger partial charge in [0.05, 0.1) is 21.7 Å². The molecule has 0 saturated carbocycles. The van der Waals surface area contributed by atoms with Crippen molar-refractivity contribution in [3.63, 3.8) is 0 Å². The summed E-state index contributed by atoms with van der Waals surface area (Å²) in [6, 6.07) is 17.7. The summed E-state index contributed by atoms with van der Waals surface area (Å²) in [7, 11) is 0. The van der Waals surface area contributed by atoms with E-state index in [0.717, 1.165) is 11.0 Å². The Morgan fingerprint density at radius 1 is 0.909 bits per heavy atom. The Bertz CT molecular complexity index is 1320. The molecule has 0 aliphatic carbocycles. The van der Waals surface area contributed by atoms with Crippen LogP contribution < -0.4 is 4.90 Å². The van der Waals surface area contributed by atoms with Crippen LogP contribution in [0.3, 0.4) is 0 Å². The molecule has 164 valence electrons. The summed E-state index contributed by atoms with van der Waals surface area (Å²) in [4.78, 5) is 62.1. The molecule has 0 saturated heterocycles. The number of hydrogen-bond donors (Lipinski definition) is 0. The number of esters is 1. The minimum Gasteiger partial charge on any atom is -0.451 e. The molecule has 0 N–H and O–H groups in total. The molecule has 2 amide bonds. The van der Waals surface area contributed by atoms with Gasteiger partial charge in [0.1, 0.15) is 5.56 Å². The molecule has 33 heavy (non-hydrogen) atoms. The Hall–Kier alpha value is -4.66. The number of benzene rings is 3. The van der Waals surface area contributed by atoms with Crippen LogP contribution in [0.15, 0.2) is 72.8 Å². The van der Waals surface area contributed by atoms with Crippen molar-refractivity contribution in [2.24, 2.45) is 0 Å². The number of Topliss-reactive ketones (excluding diaryl/α,β-unsaturated/α-hetero) is 1. The fourth-order valence-electron chi connectivity index (χ4n) is 3.55. The van der Waals surface area contributed by atoms with Crippen LogP contribution in [-0.4, -0.2) is 34.6 Å². The molecule has 1 atom stereocenters. The number of carbonyl (C=O) groups excluding carboxylic acids is 4. The van der Waals surface area contributed by atoms with Crippen molar-refractivity contribution in [3.05, 3.63) is 105 Å². The number of amides is 2. The standard InChI is InChI=1S/C24H16N2O7/c1-14(21(27)15-7-3-2-4-8-15)33-24(30)16-9-5-10-17(13-16)25-22(28)18-11-6-12-19(26(31)32)20(18)23(25)29/h2-14H,1H3. The van der Waals surface area contributed by atoms with Crippen LogP contribution in [0.2, 0.25) is 0 Å². The molecule has 9 heteroatoms. The van der Waals surface area contributed by atoms with Gasteiger partial charge in [-0.1, -0.05) is 42.5 Å². The second-order valence-electron chi connectivity index (χ2n) is 7.23. The zero-order chi connectivity index (χ0) is 23.7. The minimum atomic E-state index is -1.06. The van der Waals surface area contributed by atoms with Crippen LogP contribution in [-0.2, 0) is 4.74 Å². The van der Waals surface area contributed by atoms with Crippen LogP contribution in [0.1, 0.15) is 48.4 Å². The van der Waals surface area contributed by atoms with Gasteiger partial charge in [-0.3, -0.25) is 24.5 Å². The van der Waals surface area contributed by atoms with E-state index in [1.165, 1.54) is 43.3 Å². The van der Waals surface area contributed by atoms with Gasteiger partial charge in [0, 0.05) is 11.6 Å². The average molecular weight is 444 g/mol.